The van der Waals surface area contributed by atoms with E-state index in [4.69, 9.17) is 12.2 Å². The molecule has 2 aromatic heterocycles. The van der Waals surface area contributed by atoms with E-state index in [1.54, 1.807) is 16.9 Å². The number of hydrogen-bond donors (Lipinski definition) is 1. The fraction of sp³-hybridized carbons (Fsp3) is 0.300. The molecule has 0 saturated heterocycles. The lowest BCUT2D eigenvalue weighted by Gasteiger charge is -2.06. The Bertz CT molecular complexity index is 576. The number of alkyl halides is 2. The van der Waals surface area contributed by atoms with Crippen molar-refractivity contribution < 1.29 is 8.78 Å². The maximum absolute atomic E-state index is 12.6. The van der Waals surface area contributed by atoms with Gasteiger partial charge in [-0.2, -0.15) is 5.10 Å². The molecule has 90 valence electrons. The molecule has 0 aromatic carbocycles. The second-order valence-electron chi connectivity index (χ2n) is 3.36. The van der Waals surface area contributed by atoms with Gasteiger partial charge in [-0.05, 0) is 31.3 Å². The molecule has 7 heteroatoms. The van der Waals surface area contributed by atoms with Crippen LogP contribution in [0.1, 0.15) is 19.0 Å². The van der Waals surface area contributed by atoms with Crippen LogP contribution in [0.25, 0.3) is 11.4 Å². The van der Waals surface area contributed by atoms with Gasteiger partial charge in [0.2, 0.25) is 0 Å². The van der Waals surface area contributed by atoms with Gasteiger partial charge in [-0.15, -0.1) is 0 Å². The average molecular weight is 256 g/mol. The van der Waals surface area contributed by atoms with Gasteiger partial charge in [0.15, 0.2) is 4.77 Å². The van der Waals surface area contributed by atoms with E-state index in [9.17, 15) is 8.78 Å². The standard InChI is InChI=1S/C10H10F2N4S/c1-2-16-8(3-4-13-16)6-5-7(9(11)12)15-10(17)14-6/h3-5,9H,2H2,1H3,(H,14,15,17). The van der Waals surface area contributed by atoms with Gasteiger partial charge in [0.1, 0.15) is 0 Å². The summed E-state index contributed by atoms with van der Waals surface area (Å²) in [4.78, 5) is 6.40. The molecule has 0 aliphatic heterocycles. The van der Waals surface area contributed by atoms with E-state index in [1.807, 2.05) is 6.92 Å². The Morgan fingerprint density at radius 2 is 2.29 bits per heavy atom. The second kappa shape index (κ2) is 4.70. The van der Waals surface area contributed by atoms with E-state index in [1.165, 1.54) is 6.07 Å². The second-order valence-corrected chi connectivity index (χ2v) is 3.75. The van der Waals surface area contributed by atoms with Crippen molar-refractivity contribution in [3.05, 3.63) is 28.8 Å². The van der Waals surface area contributed by atoms with Gasteiger partial charge in [-0.3, -0.25) is 4.68 Å². The van der Waals surface area contributed by atoms with Gasteiger partial charge in [-0.1, -0.05) is 0 Å². The van der Waals surface area contributed by atoms with E-state index in [0.717, 1.165) is 0 Å². The molecular formula is C10H10F2N4S. The van der Waals surface area contributed by atoms with Crippen LogP contribution in [0.15, 0.2) is 18.3 Å². The quantitative estimate of drug-likeness (QED) is 0.859. The maximum atomic E-state index is 12.6. The van der Waals surface area contributed by atoms with Crippen molar-refractivity contribution in [2.45, 2.75) is 19.9 Å². The molecule has 0 fully saturated rings. The number of H-pyrrole nitrogens is 1. The summed E-state index contributed by atoms with van der Waals surface area (Å²) in [6.07, 6.45) is -1.00. The highest BCUT2D eigenvalue weighted by Gasteiger charge is 2.12. The lowest BCUT2D eigenvalue weighted by molar-refractivity contribution is 0.146. The molecule has 4 nitrogen and oxygen atoms in total. The van der Waals surface area contributed by atoms with Crippen molar-refractivity contribution in [1.82, 2.24) is 19.7 Å². The van der Waals surface area contributed by atoms with Crippen molar-refractivity contribution in [3.63, 3.8) is 0 Å². The molecule has 0 radical (unpaired) electrons. The zero-order valence-electron chi connectivity index (χ0n) is 9.02. The third-order valence-corrected chi connectivity index (χ3v) is 2.47. The molecule has 2 heterocycles. The molecule has 0 spiro atoms. The van der Waals surface area contributed by atoms with Gasteiger partial charge in [0.25, 0.3) is 6.43 Å². The van der Waals surface area contributed by atoms with Gasteiger partial charge in [-0.25, -0.2) is 13.8 Å². The summed E-state index contributed by atoms with van der Waals surface area (Å²) in [5.41, 5.74) is 0.849. The summed E-state index contributed by atoms with van der Waals surface area (Å²) < 4.78 is 27.0. The molecule has 2 rings (SSSR count). The van der Waals surface area contributed by atoms with Crippen LogP contribution in [0, 0.1) is 4.77 Å². The van der Waals surface area contributed by atoms with E-state index in [2.05, 4.69) is 15.1 Å². The topological polar surface area (TPSA) is 46.5 Å². The molecule has 0 saturated carbocycles. The molecule has 2 aromatic rings. The van der Waals surface area contributed by atoms with Crippen LogP contribution < -0.4 is 0 Å². The maximum Gasteiger partial charge on any atom is 0.278 e. The average Bonchev–Trinajstić information content (AvgIpc) is 2.76. The summed E-state index contributed by atoms with van der Waals surface area (Å²) in [6.45, 7) is 2.55. The molecule has 0 amide bonds. The number of nitrogens with zero attached hydrogens (tertiary/aromatic N) is 3. The van der Waals surface area contributed by atoms with E-state index >= 15 is 0 Å². The van der Waals surface area contributed by atoms with Crippen molar-refractivity contribution in [2.75, 3.05) is 0 Å². The Balaban J connectivity index is 2.56. The monoisotopic (exact) mass is 256 g/mol. The fourth-order valence-corrected chi connectivity index (χ4v) is 1.74. The summed E-state index contributed by atoms with van der Waals surface area (Å²) in [6, 6.07) is 3.01. The van der Waals surface area contributed by atoms with Crippen LogP contribution in [0.3, 0.4) is 0 Å². The predicted octanol–water partition coefficient (Wildman–Crippen LogP) is 2.96. The number of nitrogens with one attached hydrogen (secondary N) is 1. The van der Waals surface area contributed by atoms with Gasteiger partial charge >= 0.3 is 0 Å². The number of aromatic nitrogens is 4. The Hall–Kier alpha value is -1.63. The van der Waals surface area contributed by atoms with Crippen LogP contribution in [0.5, 0.6) is 0 Å². The smallest absolute Gasteiger partial charge is 0.278 e. The molecule has 0 atom stereocenters. The van der Waals surface area contributed by atoms with Crippen molar-refractivity contribution in [2.24, 2.45) is 0 Å². The number of rotatable bonds is 3. The summed E-state index contributed by atoms with van der Waals surface area (Å²) >= 11 is 4.83. The van der Waals surface area contributed by atoms with E-state index < -0.39 is 6.43 Å². The SMILES string of the molecule is CCn1nccc1-c1cc(C(F)F)[nH]c(=S)n1. The molecule has 0 unspecified atom stereocenters. The third kappa shape index (κ3) is 2.38. The van der Waals surface area contributed by atoms with Crippen LogP contribution in [0.2, 0.25) is 0 Å². The molecule has 0 bridgehead atoms. The number of hydrogen-bond acceptors (Lipinski definition) is 3. The third-order valence-electron chi connectivity index (χ3n) is 2.28. The van der Waals surface area contributed by atoms with Crippen molar-refractivity contribution in [1.29, 1.82) is 0 Å². The van der Waals surface area contributed by atoms with Crippen LogP contribution in [-0.4, -0.2) is 19.7 Å². The molecular weight excluding hydrogens is 246 g/mol. The molecule has 0 aliphatic rings. The highest BCUT2D eigenvalue weighted by molar-refractivity contribution is 7.71. The van der Waals surface area contributed by atoms with Crippen LogP contribution >= 0.6 is 12.2 Å². The lowest BCUT2D eigenvalue weighted by atomic mass is 10.2. The Morgan fingerprint density at radius 1 is 1.53 bits per heavy atom. The van der Waals surface area contributed by atoms with E-state index in [-0.39, 0.29) is 10.5 Å². The minimum atomic E-state index is -2.60. The van der Waals surface area contributed by atoms with Gasteiger partial charge < -0.3 is 4.98 Å². The largest absolute Gasteiger partial charge is 0.329 e. The summed E-state index contributed by atoms with van der Waals surface area (Å²) in [7, 11) is 0. The highest BCUT2D eigenvalue weighted by atomic mass is 32.1. The Kier molecular flexibility index (Phi) is 3.28. The number of aryl methyl sites for hydroxylation is 1. The van der Waals surface area contributed by atoms with Crippen molar-refractivity contribution in [3.8, 4) is 11.4 Å². The molecule has 0 aliphatic carbocycles. The van der Waals surface area contributed by atoms with Crippen LogP contribution in [-0.2, 0) is 6.54 Å². The minimum Gasteiger partial charge on any atom is -0.329 e. The van der Waals surface area contributed by atoms with Crippen molar-refractivity contribution >= 4 is 12.2 Å². The van der Waals surface area contributed by atoms with Gasteiger partial charge in [0, 0.05) is 12.7 Å². The highest BCUT2D eigenvalue weighted by Crippen LogP contribution is 2.22. The molecule has 1 N–H and O–H groups in total. The summed E-state index contributed by atoms with van der Waals surface area (Å²) in [5.74, 6) is 0. The number of halogens is 2. The number of aromatic amines is 1. The first kappa shape index (κ1) is 11.8. The zero-order chi connectivity index (χ0) is 12.4. The Labute approximate surface area is 101 Å². The minimum absolute atomic E-state index is 0.0432. The normalized spacial score (nSPS) is 11.1. The first-order valence-corrected chi connectivity index (χ1v) is 5.44. The lowest BCUT2D eigenvalue weighted by Crippen LogP contribution is -2.02. The first-order chi connectivity index (χ1) is 8.11. The molecule has 17 heavy (non-hydrogen) atoms. The first-order valence-electron chi connectivity index (χ1n) is 5.03. The van der Waals surface area contributed by atoms with Gasteiger partial charge in [0.05, 0.1) is 17.1 Å². The van der Waals surface area contributed by atoms with Crippen LogP contribution in [0.4, 0.5) is 8.78 Å². The summed E-state index contributed by atoms with van der Waals surface area (Å²) in [5, 5.41) is 4.06. The Morgan fingerprint density at radius 3 is 2.94 bits per heavy atom. The predicted molar refractivity (Wildman–Crippen MR) is 61.3 cm³/mol. The van der Waals surface area contributed by atoms with E-state index in [0.29, 0.717) is 17.9 Å². The fourth-order valence-electron chi connectivity index (χ4n) is 1.53. The zero-order valence-corrected chi connectivity index (χ0v) is 9.84.